The Labute approximate surface area is 299 Å². The number of nitrogens with zero attached hydrogens (tertiary/aromatic N) is 6. The molecule has 0 atom stereocenters. The fourth-order valence-corrected chi connectivity index (χ4v) is 7.38. The molecular formula is C46H28N6. The quantitative estimate of drug-likeness (QED) is 0.184. The van der Waals surface area contributed by atoms with Gasteiger partial charge in [-0.3, -0.25) is 4.57 Å². The summed E-state index contributed by atoms with van der Waals surface area (Å²) in [5, 5.41) is 14.0. The number of benzene rings is 7. The molecule has 10 aromatic rings. The second-order valence-electron chi connectivity index (χ2n) is 12.8. The lowest BCUT2D eigenvalue weighted by Gasteiger charge is -2.12. The normalized spacial score (nSPS) is 11.4. The fourth-order valence-electron chi connectivity index (χ4n) is 7.38. The van der Waals surface area contributed by atoms with Gasteiger partial charge in [-0.05, 0) is 59.7 Å². The summed E-state index contributed by atoms with van der Waals surface area (Å²) in [6.45, 7) is 0. The van der Waals surface area contributed by atoms with Crippen molar-refractivity contribution in [2.75, 3.05) is 0 Å². The molecule has 0 aliphatic rings. The second-order valence-corrected chi connectivity index (χ2v) is 12.8. The Kier molecular flexibility index (Phi) is 6.76. The SMILES string of the molecule is N#Cc1ccc(-n2c3ccccc3c3ccc(-c4ccc5c6ccccc6n(-c6nc(-c7ccccc7)nc(-c7ccccc7)n6)c5c4)cc32)cc1. The highest BCUT2D eigenvalue weighted by molar-refractivity contribution is 6.12. The van der Waals surface area contributed by atoms with Crippen molar-refractivity contribution in [2.45, 2.75) is 0 Å². The molecule has 0 N–H and O–H groups in total. The van der Waals surface area contributed by atoms with E-state index in [9.17, 15) is 5.26 Å². The average molecular weight is 665 g/mol. The maximum Gasteiger partial charge on any atom is 0.238 e. The zero-order valence-corrected chi connectivity index (χ0v) is 27.8. The van der Waals surface area contributed by atoms with Gasteiger partial charge in [0.05, 0.1) is 33.7 Å². The summed E-state index contributed by atoms with van der Waals surface area (Å²) in [6, 6.07) is 60.4. The largest absolute Gasteiger partial charge is 0.309 e. The van der Waals surface area contributed by atoms with Gasteiger partial charge in [0.15, 0.2) is 11.6 Å². The van der Waals surface area contributed by atoms with E-state index in [-0.39, 0.29) is 0 Å². The highest BCUT2D eigenvalue weighted by Gasteiger charge is 2.19. The van der Waals surface area contributed by atoms with E-state index in [2.05, 4.69) is 100 Å². The zero-order valence-electron chi connectivity index (χ0n) is 27.8. The van der Waals surface area contributed by atoms with Gasteiger partial charge in [-0.1, -0.05) is 121 Å². The lowest BCUT2D eigenvalue weighted by atomic mass is 10.0. The van der Waals surface area contributed by atoms with Crippen molar-refractivity contribution in [1.29, 1.82) is 5.26 Å². The van der Waals surface area contributed by atoms with Crippen LogP contribution in [0.1, 0.15) is 5.56 Å². The summed E-state index contributed by atoms with van der Waals surface area (Å²) in [4.78, 5) is 15.2. The van der Waals surface area contributed by atoms with Crippen molar-refractivity contribution in [2.24, 2.45) is 0 Å². The first-order chi connectivity index (χ1) is 25.7. The van der Waals surface area contributed by atoms with E-state index in [0.29, 0.717) is 23.2 Å². The van der Waals surface area contributed by atoms with Gasteiger partial charge in [0.2, 0.25) is 5.95 Å². The summed E-state index contributed by atoms with van der Waals surface area (Å²) < 4.78 is 4.45. The number of aromatic nitrogens is 5. The number of rotatable bonds is 5. The smallest absolute Gasteiger partial charge is 0.238 e. The molecule has 0 saturated carbocycles. The van der Waals surface area contributed by atoms with E-state index in [4.69, 9.17) is 15.0 Å². The van der Waals surface area contributed by atoms with Crippen LogP contribution in [-0.4, -0.2) is 24.1 Å². The molecule has 0 unspecified atom stereocenters. The molecular weight excluding hydrogens is 637 g/mol. The molecule has 6 heteroatoms. The Hall–Kier alpha value is -7.36. The molecule has 7 aromatic carbocycles. The third kappa shape index (κ3) is 4.76. The standard InChI is InChI=1S/C46H28N6/c47-29-30-19-23-35(24-20-30)51-40-17-9-7-15-36(40)38-25-21-33(27-42(38)51)34-22-26-39-37-16-8-10-18-41(37)52(43(39)28-34)46-49-44(31-11-3-1-4-12-31)48-45(50-46)32-13-5-2-6-14-32/h1-28H. The van der Waals surface area contributed by atoms with Gasteiger partial charge >= 0.3 is 0 Å². The first kappa shape index (κ1) is 29.5. The van der Waals surface area contributed by atoms with Crippen molar-refractivity contribution in [3.8, 4) is 51.6 Å². The van der Waals surface area contributed by atoms with Crippen LogP contribution in [0.3, 0.4) is 0 Å². The van der Waals surface area contributed by atoms with Crippen LogP contribution in [0.2, 0.25) is 0 Å². The highest BCUT2D eigenvalue weighted by Crippen LogP contribution is 2.38. The summed E-state index contributed by atoms with van der Waals surface area (Å²) in [5.74, 6) is 1.80. The Bertz CT molecular complexity index is 2950. The summed E-state index contributed by atoms with van der Waals surface area (Å²) >= 11 is 0. The molecule has 3 heterocycles. The Morgan fingerprint density at radius 1 is 0.385 bits per heavy atom. The van der Waals surface area contributed by atoms with Gasteiger partial charge in [-0.2, -0.15) is 15.2 Å². The molecule has 3 aromatic heterocycles. The van der Waals surface area contributed by atoms with Crippen LogP contribution in [0.5, 0.6) is 0 Å². The van der Waals surface area contributed by atoms with Gasteiger partial charge in [-0.15, -0.1) is 0 Å². The number of hydrogen-bond acceptors (Lipinski definition) is 4. The third-order valence-corrected chi connectivity index (χ3v) is 9.82. The van der Waals surface area contributed by atoms with Crippen LogP contribution in [-0.2, 0) is 0 Å². The number of fused-ring (bicyclic) bond motifs is 6. The van der Waals surface area contributed by atoms with E-state index in [1.807, 2.05) is 84.9 Å². The van der Waals surface area contributed by atoms with Crippen molar-refractivity contribution in [1.82, 2.24) is 24.1 Å². The minimum absolute atomic E-state index is 0.562. The zero-order chi connectivity index (χ0) is 34.6. The molecule has 0 aliphatic heterocycles. The van der Waals surface area contributed by atoms with Gasteiger partial charge in [0.1, 0.15) is 0 Å². The number of nitriles is 1. The lowest BCUT2D eigenvalue weighted by molar-refractivity contribution is 0.953. The molecule has 10 rings (SSSR count). The predicted octanol–water partition coefficient (Wildman–Crippen LogP) is 10.9. The van der Waals surface area contributed by atoms with Crippen molar-refractivity contribution in [3.05, 3.63) is 175 Å². The maximum atomic E-state index is 9.44. The molecule has 6 nitrogen and oxygen atoms in total. The van der Waals surface area contributed by atoms with E-state index in [0.717, 1.165) is 60.8 Å². The molecule has 242 valence electrons. The fraction of sp³-hybridized carbons (Fsp3) is 0. The summed E-state index contributed by atoms with van der Waals surface area (Å²) in [6.07, 6.45) is 0. The third-order valence-electron chi connectivity index (χ3n) is 9.82. The summed E-state index contributed by atoms with van der Waals surface area (Å²) in [5.41, 5.74) is 9.92. The topological polar surface area (TPSA) is 72.3 Å². The van der Waals surface area contributed by atoms with Gasteiger partial charge in [-0.25, -0.2) is 4.98 Å². The molecule has 0 radical (unpaired) electrons. The minimum Gasteiger partial charge on any atom is -0.309 e. The van der Waals surface area contributed by atoms with Crippen LogP contribution < -0.4 is 0 Å². The van der Waals surface area contributed by atoms with E-state index in [1.54, 1.807) is 0 Å². The van der Waals surface area contributed by atoms with Crippen LogP contribution in [0.15, 0.2) is 170 Å². The Balaban J connectivity index is 1.21. The van der Waals surface area contributed by atoms with Gasteiger partial charge in [0.25, 0.3) is 0 Å². The number of para-hydroxylation sites is 2. The Morgan fingerprint density at radius 3 is 1.38 bits per heavy atom. The molecule has 0 aliphatic carbocycles. The van der Waals surface area contributed by atoms with Crippen LogP contribution in [0, 0.1) is 11.3 Å². The number of hydrogen-bond donors (Lipinski definition) is 0. The molecule has 0 saturated heterocycles. The summed E-state index contributed by atoms with van der Waals surface area (Å²) in [7, 11) is 0. The van der Waals surface area contributed by atoms with Crippen LogP contribution in [0.4, 0.5) is 0 Å². The Morgan fingerprint density at radius 2 is 0.846 bits per heavy atom. The first-order valence-corrected chi connectivity index (χ1v) is 17.2. The van der Waals surface area contributed by atoms with Crippen molar-refractivity contribution >= 4 is 43.6 Å². The maximum absolute atomic E-state index is 9.44. The van der Waals surface area contributed by atoms with Crippen LogP contribution in [0.25, 0.3) is 89.2 Å². The van der Waals surface area contributed by atoms with E-state index in [1.165, 1.54) is 10.8 Å². The predicted molar refractivity (Wildman–Crippen MR) is 210 cm³/mol. The lowest BCUT2D eigenvalue weighted by Crippen LogP contribution is -2.06. The second kappa shape index (κ2) is 11.9. The van der Waals surface area contributed by atoms with Gasteiger partial charge < -0.3 is 4.57 Å². The highest BCUT2D eigenvalue weighted by atomic mass is 15.2. The molecule has 0 fully saturated rings. The van der Waals surface area contributed by atoms with E-state index >= 15 is 0 Å². The van der Waals surface area contributed by atoms with E-state index < -0.39 is 0 Å². The molecule has 0 bridgehead atoms. The average Bonchev–Trinajstić information content (AvgIpc) is 3.73. The van der Waals surface area contributed by atoms with Crippen LogP contribution >= 0.6 is 0 Å². The molecule has 0 amide bonds. The minimum atomic E-state index is 0.562. The monoisotopic (exact) mass is 664 g/mol. The molecule has 0 spiro atoms. The van der Waals surface area contributed by atoms with Gasteiger partial charge in [0, 0.05) is 38.4 Å². The first-order valence-electron chi connectivity index (χ1n) is 17.2. The van der Waals surface area contributed by atoms with Crippen molar-refractivity contribution < 1.29 is 0 Å². The van der Waals surface area contributed by atoms with Crippen molar-refractivity contribution in [3.63, 3.8) is 0 Å². The molecule has 52 heavy (non-hydrogen) atoms.